The molecular weight excluding hydrogens is 489 g/mol. The molecule has 2 aromatic rings. The number of nitrogens with one attached hydrogen (secondary N) is 1. The molecule has 7 rings (SSSR count). The molecule has 1 N–H and O–H groups in total. The molecular formula is C25H31F3N6OS. The van der Waals surface area contributed by atoms with Gasteiger partial charge in [0.25, 0.3) is 0 Å². The van der Waals surface area contributed by atoms with Gasteiger partial charge in [0, 0.05) is 59.9 Å². The Morgan fingerprint density at radius 3 is 2.33 bits per heavy atom. The fraction of sp³-hybridized carbons (Fsp3) is 0.720. The van der Waals surface area contributed by atoms with Crippen molar-refractivity contribution in [3.63, 3.8) is 0 Å². The van der Waals surface area contributed by atoms with Gasteiger partial charge in [-0.05, 0) is 57.7 Å². The van der Waals surface area contributed by atoms with E-state index in [2.05, 4.69) is 26.1 Å². The van der Waals surface area contributed by atoms with Crippen LogP contribution in [0.1, 0.15) is 72.5 Å². The summed E-state index contributed by atoms with van der Waals surface area (Å²) in [6.07, 6.45) is 2.41. The van der Waals surface area contributed by atoms with Gasteiger partial charge in [-0.15, -0.1) is 11.3 Å². The first-order valence-corrected chi connectivity index (χ1v) is 13.9. The van der Waals surface area contributed by atoms with Gasteiger partial charge in [0.05, 0.1) is 12.2 Å². The molecule has 3 saturated heterocycles. The third kappa shape index (κ3) is 4.02. The molecule has 0 aromatic carbocycles. The highest BCUT2D eigenvalue weighted by Gasteiger charge is 2.56. The van der Waals surface area contributed by atoms with Crippen molar-refractivity contribution in [2.75, 3.05) is 39.3 Å². The summed E-state index contributed by atoms with van der Waals surface area (Å²) in [7, 11) is 0. The molecule has 0 atom stereocenters. The van der Waals surface area contributed by atoms with Crippen molar-refractivity contribution in [1.29, 1.82) is 0 Å². The van der Waals surface area contributed by atoms with Gasteiger partial charge in [-0.1, -0.05) is 0 Å². The Kier molecular flexibility index (Phi) is 5.07. The maximum Gasteiger partial charge on any atom is 0.434 e. The number of amides is 2. The number of rotatable bonds is 4. The lowest BCUT2D eigenvalue weighted by atomic mass is 9.57. The van der Waals surface area contributed by atoms with Gasteiger partial charge in [-0.2, -0.15) is 18.3 Å². The zero-order chi connectivity index (χ0) is 24.7. The average Bonchev–Trinajstić information content (AvgIpc) is 3.29. The molecule has 11 heteroatoms. The van der Waals surface area contributed by atoms with E-state index in [0.29, 0.717) is 28.8 Å². The second kappa shape index (κ2) is 7.93. The van der Waals surface area contributed by atoms with Crippen molar-refractivity contribution in [3.05, 3.63) is 33.5 Å². The lowest BCUT2D eigenvalue weighted by Crippen LogP contribution is -2.70. The number of carbonyl (C=O) groups excluding carboxylic acids is 1. The topological polar surface area (TPSA) is 68.4 Å². The third-order valence-electron chi connectivity index (χ3n) is 9.18. The van der Waals surface area contributed by atoms with Gasteiger partial charge in [-0.25, -0.2) is 9.78 Å². The molecule has 3 aliphatic heterocycles. The second-order valence-electron chi connectivity index (χ2n) is 12.0. The standard InChI is InChI=1S/C25H31F3N6OS/c26-25(27,28)20-11-36-21(29-20)10-32-5-3-23(4-6-32)12-33(13-23)22(35)34-14-24(15-34)8-17(9-24)19-7-18(30-31-19)16-1-2-16/h7,11,16-17H,1-6,8-10,12-15H2,(H,30,31). The maximum absolute atomic E-state index is 13.0. The summed E-state index contributed by atoms with van der Waals surface area (Å²) in [5, 5.41) is 9.36. The smallest absolute Gasteiger partial charge is 0.323 e. The Balaban J connectivity index is 0.843. The van der Waals surface area contributed by atoms with E-state index in [1.807, 2.05) is 9.80 Å². The monoisotopic (exact) mass is 520 g/mol. The van der Waals surface area contributed by atoms with Crippen LogP contribution >= 0.6 is 11.3 Å². The van der Waals surface area contributed by atoms with Crippen molar-refractivity contribution < 1.29 is 18.0 Å². The molecule has 5 heterocycles. The third-order valence-corrected chi connectivity index (χ3v) is 10.0. The summed E-state index contributed by atoms with van der Waals surface area (Å²) in [4.78, 5) is 23.0. The predicted octanol–water partition coefficient (Wildman–Crippen LogP) is 4.66. The molecule has 36 heavy (non-hydrogen) atoms. The summed E-state index contributed by atoms with van der Waals surface area (Å²) in [6, 6.07) is 2.44. The van der Waals surface area contributed by atoms with Crippen LogP contribution in [0.3, 0.4) is 0 Å². The van der Waals surface area contributed by atoms with Crippen LogP contribution in [-0.2, 0) is 12.7 Å². The van der Waals surface area contributed by atoms with Gasteiger partial charge in [0.1, 0.15) is 5.01 Å². The van der Waals surface area contributed by atoms with Crippen LogP contribution in [-0.4, -0.2) is 75.2 Å². The molecule has 7 nitrogen and oxygen atoms in total. The van der Waals surface area contributed by atoms with E-state index in [0.717, 1.165) is 81.7 Å². The van der Waals surface area contributed by atoms with Crippen molar-refractivity contribution in [3.8, 4) is 0 Å². The minimum absolute atomic E-state index is 0.177. The van der Waals surface area contributed by atoms with Gasteiger partial charge in [-0.3, -0.25) is 10.00 Å². The first kappa shape index (κ1) is 23.0. The van der Waals surface area contributed by atoms with Crippen molar-refractivity contribution in [2.45, 2.75) is 63.1 Å². The number of carbonyl (C=O) groups is 1. The number of thiazole rings is 1. The number of nitrogens with zero attached hydrogens (tertiary/aromatic N) is 5. The number of alkyl halides is 3. The predicted molar refractivity (Wildman–Crippen MR) is 128 cm³/mol. The zero-order valence-corrected chi connectivity index (χ0v) is 21.0. The lowest BCUT2D eigenvalue weighted by Gasteiger charge is -2.61. The molecule has 0 radical (unpaired) electrons. The molecule has 2 aliphatic carbocycles. The quantitative estimate of drug-likeness (QED) is 0.637. The van der Waals surface area contributed by atoms with Crippen LogP contribution in [0.4, 0.5) is 18.0 Å². The SMILES string of the molecule is O=C(N1CC2(CCN(Cc3nc(C(F)(F)F)cs3)CC2)C1)N1CC2(CC(c3cc(C4CC4)n[nH]3)C2)C1. The minimum Gasteiger partial charge on any atom is -0.323 e. The minimum atomic E-state index is -4.38. The van der Waals surface area contributed by atoms with Crippen LogP contribution in [0.2, 0.25) is 0 Å². The molecule has 2 aromatic heterocycles. The summed E-state index contributed by atoms with van der Waals surface area (Å²) < 4.78 is 38.4. The number of H-pyrrole nitrogens is 1. The fourth-order valence-corrected chi connectivity index (χ4v) is 7.66. The molecule has 0 bridgehead atoms. The highest BCUT2D eigenvalue weighted by molar-refractivity contribution is 7.09. The zero-order valence-electron chi connectivity index (χ0n) is 20.2. The van der Waals surface area contributed by atoms with Gasteiger partial charge < -0.3 is 9.80 Å². The molecule has 2 amide bonds. The maximum atomic E-state index is 13.0. The van der Waals surface area contributed by atoms with Crippen molar-refractivity contribution in [2.24, 2.45) is 10.8 Å². The van der Waals surface area contributed by atoms with Crippen LogP contribution in [0, 0.1) is 10.8 Å². The normalized spacial score (nSPS) is 25.6. The molecule has 5 aliphatic rings. The Bertz CT molecular complexity index is 1140. The molecule has 194 valence electrons. The van der Waals surface area contributed by atoms with Gasteiger partial charge in [0.2, 0.25) is 0 Å². The summed E-state index contributed by atoms with van der Waals surface area (Å²) >= 11 is 1.08. The van der Waals surface area contributed by atoms with Crippen LogP contribution in [0.5, 0.6) is 0 Å². The number of aromatic nitrogens is 3. The summed E-state index contributed by atoms with van der Waals surface area (Å²) in [6.45, 7) is 5.50. The van der Waals surface area contributed by atoms with Crippen molar-refractivity contribution in [1.82, 2.24) is 29.9 Å². The Hall–Kier alpha value is -2.14. The molecule has 5 fully saturated rings. The summed E-state index contributed by atoms with van der Waals surface area (Å²) in [5.41, 5.74) is 2.20. The number of hydrogen-bond donors (Lipinski definition) is 1. The van der Waals surface area contributed by atoms with Crippen LogP contribution in [0.15, 0.2) is 11.4 Å². The van der Waals surface area contributed by atoms with E-state index in [1.165, 1.54) is 24.2 Å². The number of halogens is 3. The highest BCUT2D eigenvalue weighted by atomic mass is 32.1. The Morgan fingerprint density at radius 1 is 1.06 bits per heavy atom. The number of likely N-dealkylation sites (tertiary alicyclic amines) is 3. The second-order valence-corrected chi connectivity index (χ2v) is 13.0. The summed E-state index contributed by atoms with van der Waals surface area (Å²) in [5.74, 6) is 1.24. The van der Waals surface area contributed by atoms with E-state index in [-0.39, 0.29) is 11.4 Å². The molecule has 0 unspecified atom stereocenters. The van der Waals surface area contributed by atoms with E-state index in [1.54, 1.807) is 0 Å². The van der Waals surface area contributed by atoms with Crippen LogP contribution in [0.25, 0.3) is 0 Å². The first-order valence-electron chi connectivity index (χ1n) is 13.0. The van der Waals surface area contributed by atoms with Crippen LogP contribution < -0.4 is 0 Å². The lowest BCUT2D eigenvalue weighted by molar-refractivity contribution is -0.140. The van der Waals surface area contributed by atoms with Gasteiger partial charge >= 0.3 is 12.2 Å². The number of aromatic amines is 1. The van der Waals surface area contributed by atoms with E-state index in [4.69, 9.17) is 0 Å². The average molecular weight is 521 g/mol. The largest absolute Gasteiger partial charge is 0.434 e. The fourth-order valence-electron chi connectivity index (χ4n) is 6.82. The molecule has 2 saturated carbocycles. The Morgan fingerprint density at radius 2 is 1.72 bits per heavy atom. The number of piperidine rings is 1. The van der Waals surface area contributed by atoms with Gasteiger partial charge in [0.15, 0.2) is 5.69 Å². The van der Waals surface area contributed by atoms with Crippen molar-refractivity contribution >= 4 is 17.4 Å². The first-order chi connectivity index (χ1) is 17.2. The van der Waals surface area contributed by atoms with E-state index in [9.17, 15) is 18.0 Å². The number of urea groups is 1. The molecule has 2 spiro atoms. The number of hydrogen-bond acceptors (Lipinski definition) is 5. The van der Waals surface area contributed by atoms with E-state index < -0.39 is 11.9 Å². The highest BCUT2D eigenvalue weighted by Crippen LogP contribution is 2.56. The Labute approximate surface area is 212 Å². The van der Waals surface area contributed by atoms with E-state index >= 15 is 0 Å².